The van der Waals surface area contributed by atoms with Gasteiger partial charge >= 0.3 is 6.09 Å². The minimum Gasteiger partial charge on any atom is -0.493 e. The molecule has 1 aliphatic carbocycles. The number of alkyl carbamates (subject to hydrolysis) is 1. The number of piperidine rings is 3. The van der Waals surface area contributed by atoms with Crippen LogP contribution in [-0.4, -0.2) is 43.3 Å². The Morgan fingerprint density at radius 3 is 2.68 bits per heavy atom. The highest BCUT2D eigenvalue weighted by Gasteiger charge is 2.37. The van der Waals surface area contributed by atoms with E-state index < -0.39 is 0 Å². The van der Waals surface area contributed by atoms with Gasteiger partial charge in [-0.2, -0.15) is 0 Å². The van der Waals surface area contributed by atoms with Crippen LogP contribution in [0.4, 0.5) is 4.79 Å². The number of nitrogens with zero attached hydrogens (tertiary/aromatic N) is 1. The number of hydrogen-bond donors (Lipinski definition) is 1. The Morgan fingerprint density at radius 1 is 1.00 bits per heavy atom. The SMILES string of the molecule is O=C(NC1CCCc2cc(-c3ccc4c(c3)OCC4)ccc21)O[C@@H]1CN2CCC1CC2. The first kappa shape index (κ1) is 19.2. The molecular formula is C26H30N2O3. The van der Waals surface area contributed by atoms with Crippen molar-refractivity contribution < 1.29 is 14.3 Å². The second kappa shape index (κ2) is 7.86. The molecule has 2 aromatic carbocycles. The molecule has 3 fully saturated rings. The summed E-state index contributed by atoms with van der Waals surface area (Å²) in [6.45, 7) is 3.99. The first-order chi connectivity index (χ1) is 15.2. The summed E-state index contributed by atoms with van der Waals surface area (Å²) < 4.78 is 11.6. The Morgan fingerprint density at radius 2 is 1.84 bits per heavy atom. The third-order valence-corrected chi connectivity index (χ3v) is 7.63. The topological polar surface area (TPSA) is 50.8 Å². The van der Waals surface area contributed by atoms with E-state index in [1.54, 1.807) is 0 Å². The van der Waals surface area contributed by atoms with Crippen LogP contribution in [0.25, 0.3) is 11.1 Å². The van der Waals surface area contributed by atoms with Crippen molar-refractivity contribution in [3.8, 4) is 16.9 Å². The van der Waals surface area contributed by atoms with Crippen LogP contribution in [0, 0.1) is 5.92 Å². The number of carbonyl (C=O) groups excluding carboxylic acids is 1. The van der Waals surface area contributed by atoms with Gasteiger partial charge in [-0.15, -0.1) is 0 Å². The molecule has 1 N–H and O–H groups in total. The van der Waals surface area contributed by atoms with Crippen LogP contribution in [0.1, 0.15) is 48.4 Å². The highest BCUT2D eigenvalue weighted by Crippen LogP contribution is 2.36. The molecule has 4 aliphatic heterocycles. The lowest BCUT2D eigenvalue weighted by atomic mass is 9.85. The van der Waals surface area contributed by atoms with Gasteiger partial charge in [0.1, 0.15) is 11.9 Å². The summed E-state index contributed by atoms with van der Waals surface area (Å²) in [6, 6.07) is 13.2. The van der Waals surface area contributed by atoms with Crippen LogP contribution >= 0.6 is 0 Å². The smallest absolute Gasteiger partial charge is 0.407 e. The van der Waals surface area contributed by atoms with E-state index in [-0.39, 0.29) is 18.2 Å². The van der Waals surface area contributed by atoms with Crippen LogP contribution in [-0.2, 0) is 17.6 Å². The summed E-state index contributed by atoms with van der Waals surface area (Å²) >= 11 is 0. The predicted molar refractivity (Wildman–Crippen MR) is 119 cm³/mol. The quantitative estimate of drug-likeness (QED) is 0.798. The van der Waals surface area contributed by atoms with Crippen molar-refractivity contribution >= 4 is 6.09 Å². The maximum Gasteiger partial charge on any atom is 0.407 e. The lowest BCUT2D eigenvalue weighted by Gasteiger charge is -2.44. The molecule has 2 aromatic rings. The molecule has 2 bridgehead atoms. The largest absolute Gasteiger partial charge is 0.493 e. The monoisotopic (exact) mass is 418 g/mol. The highest BCUT2D eigenvalue weighted by molar-refractivity contribution is 5.70. The molecule has 4 heterocycles. The van der Waals surface area contributed by atoms with Crippen molar-refractivity contribution in [1.82, 2.24) is 10.2 Å². The Balaban J connectivity index is 1.16. The van der Waals surface area contributed by atoms with Crippen molar-refractivity contribution in [3.63, 3.8) is 0 Å². The van der Waals surface area contributed by atoms with E-state index in [1.807, 2.05) is 0 Å². The average Bonchev–Trinajstić information content (AvgIpc) is 3.28. The van der Waals surface area contributed by atoms with E-state index in [0.29, 0.717) is 5.92 Å². The number of aryl methyl sites for hydroxylation is 1. The third kappa shape index (κ3) is 3.69. The highest BCUT2D eigenvalue weighted by atomic mass is 16.6. The van der Waals surface area contributed by atoms with Crippen molar-refractivity contribution in [3.05, 3.63) is 53.1 Å². The van der Waals surface area contributed by atoms with E-state index in [1.165, 1.54) is 27.8 Å². The fourth-order valence-electron chi connectivity index (χ4n) is 5.85. The van der Waals surface area contributed by atoms with E-state index >= 15 is 0 Å². The lowest BCUT2D eigenvalue weighted by Crippen LogP contribution is -2.52. The van der Waals surface area contributed by atoms with Crippen molar-refractivity contribution in [2.45, 2.75) is 50.7 Å². The van der Waals surface area contributed by atoms with Gasteiger partial charge in [-0.05, 0) is 85.0 Å². The molecule has 1 amide bonds. The Hall–Kier alpha value is -2.53. The maximum atomic E-state index is 12.7. The molecule has 3 saturated heterocycles. The molecule has 31 heavy (non-hydrogen) atoms. The van der Waals surface area contributed by atoms with Crippen LogP contribution < -0.4 is 10.1 Å². The maximum absolute atomic E-state index is 12.7. The second-order valence-corrected chi connectivity index (χ2v) is 9.51. The van der Waals surface area contributed by atoms with Crippen molar-refractivity contribution in [1.29, 1.82) is 0 Å². The first-order valence-corrected chi connectivity index (χ1v) is 11.8. The lowest BCUT2D eigenvalue weighted by molar-refractivity contribution is -0.0340. The summed E-state index contributed by atoms with van der Waals surface area (Å²) in [5.41, 5.74) is 6.27. The number of hydrogen-bond acceptors (Lipinski definition) is 4. The summed E-state index contributed by atoms with van der Waals surface area (Å²) in [6.07, 6.45) is 6.21. The Bertz CT molecular complexity index is 996. The number of nitrogens with one attached hydrogen (secondary N) is 1. The summed E-state index contributed by atoms with van der Waals surface area (Å²) in [4.78, 5) is 15.1. The zero-order chi connectivity index (χ0) is 20.8. The van der Waals surface area contributed by atoms with Crippen molar-refractivity contribution in [2.75, 3.05) is 26.2 Å². The molecule has 2 atom stereocenters. The van der Waals surface area contributed by atoms with Gasteiger partial charge in [0.15, 0.2) is 0 Å². The van der Waals surface area contributed by atoms with Gasteiger partial charge < -0.3 is 14.8 Å². The van der Waals surface area contributed by atoms with Crippen LogP contribution in [0.15, 0.2) is 36.4 Å². The van der Waals surface area contributed by atoms with Gasteiger partial charge in [0.05, 0.1) is 12.6 Å². The molecule has 5 heteroatoms. The number of ether oxygens (including phenoxy) is 2. The zero-order valence-corrected chi connectivity index (χ0v) is 17.9. The second-order valence-electron chi connectivity index (χ2n) is 9.51. The van der Waals surface area contributed by atoms with Gasteiger partial charge in [-0.3, -0.25) is 4.90 Å². The predicted octanol–water partition coefficient (Wildman–Crippen LogP) is 4.49. The zero-order valence-electron chi connectivity index (χ0n) is 17.9. The molecule has 5 aliphatic rings. The van der Waals surface area contributed by atoms with Crippen LogP contribution in [0.2, 0.25) is 0 Å². The summed E-state index contributed by atoms with van der Waals surface area (Å²) in [5, 5.41) is 3.18. The fourth-order valence-corrected chi connectivity index (χ4v) is 5.85. The molecular weight excluding hydrogens is 388 g/mol. The molecule has 0 radical (unpaired) electrons. The van der Waals surface area contributed by atoms with E-state index in [9.17, 15) is 4.79 Å². The van der Waals surface area contributed by atoms with Gasteiger partial charge in [0.25, 0.3) is 0 Å². The Labute approximate surface area is 183 Å². The summed E-state index contributed by atoms with van der Waals surface area (Å²) in [5.74, 6) is 1.55. The molecule has 1 unspecified atom stereocenters. The number of benzene rings is 2. The van der Waals surface area contributed by atoms with Gasteiger partial charge in [0, 0.05) is 13.0 Å². The molecule has 162 valence electrons. The summed E-state index contributed by atoms with van der Waals surface area (Å²) in [7, 11) is 0. The number of carbonyl (C=O) groups is 1. The molecule has 0 saturated carbocycles. The minimum atomic E-state index is -0.253. The van der Waals surface area contributed by atoms with Gasteiger partial charge in [-0.25, -0.2) is 4.79 Å². The fraction of sp³-hybridized carbons (Fsp3) is 0.500. The van der Waals surface area contributed by atoms with Crippen LogP contribution in [0.3, 0.4) is 0 Å². The van der Waals surface area contributed by atoms with E-state index in [4.69, 9.17) is 9.47 Å². The first-order valence-electron chi connectivity index (χ1n) is 11.8. The minimum absolute atomic E-state index is 0.0368. The third-order valence-electron chi connectivity index (χ3n) is 7.63. The standard InChI is InChI=1S/C26H30N2O3/c29-26(31-25-16-28-11-8-18(25)9-12-28)27-23-3-1-2-21-14-19(6-7-22(21)23)20-5-4-17-10-13-30-24(17)15-20/h4-7,14-15,18,23,25H,1-3,8-13,16H2,(H,27,29)/t23?,25-/m1/s1. The molecule has 7 rings (SSSR count). The number of fused-ring (bicyclic) bond motifs is 5. The van der Waals surface area contributed by atoms with Crippen LogP contribution in [0.5, 0.6) is 5.75 Å². The molecule has 0 spiro atoms. The Kier molecular flexibility index (Phi) is 4.87. The van der Waals surface area contributed by atoms with E-state index in [0.717, 1.165) is 70.5 Å². The normalized spacial score (nSPS) is 28.4. The molecule has 0 aromatic heterocycles. The van der Waals surface area contributed by atoms with E-state index in [2.05, 4.69) is 46.6 Å². The number of rotatable bonds is 3. The van der Waals surface area contributed by atoms with Crippen molar-refractivity contribution in [2.24, 2.45) is 5.92 Å². The van der Waals surface area contributed by atoms with Gasteiger partial charge in [0.2, 0.25) is 0 Å². The average molecular weight is 419 g/mol. The molecule has 5 nitrogen and oxygen atoms in total. The van der Waals surface area contributed by atoms with Gasteiger partial charge in [-0.1, -0.05) is 30.3 Å². The number of amides is 1.